The Kier molecular flexibility index (Phi) is 3.23. The summed E-state index contributed by atoms with van der Waals surface area (Å²) < 4.78 is 0. The number of hydrogen-bond acceptors (Lipinski definition) is 2. The summed E-state index contributed by atoms with van der Waals surface area (Å²) in [6, 6.07) is 0.443. The van der Waals surface area contributed by atoms with Crippen molar-refractivity contribution in [3.05, 3.63) is 0 Å². The molecule has 2 rings (SSSR count). The van der Waals surface area contributed by atoms with Gasteiger partial charge in [0.2, 0.25) is 5.91 Å². The Morgan fingerprint density at radius 3 is 2.29 bits per heavy atom. The summed E-state index contributed by atoms with van der Waals surface area (Å²) in [5, 5.41) is 3.22. The van der Waals surface area contributed by atoms with Gasteiger partial charge in [0.25, 0.3) is 0 Å². The molecule has 17 heavy (non-hydrogen) atoms. The lowest BCUT2D eigenvalue weighted by atomic mass is 9.75. The summed E-state index contributed by atoms with van der Waals surface area (Å²) in [5.74, 6) is 0.266. The van der Waals surface area contributed by atoms with Crippen LogP contribution in [-0.2, 0) is 4.79 Å². The van der Waals surface area contributed by atoms with Crippen LogP contribution >= 0.6 is 0 Å². The Morgan fingerprint density at radius 2 is 1.76 bits per heavy atom. The van der Waals surface area contributed by atoms with Crippen molar-refractivity contribution >= 4 is 5.91 Å². The maximum Gasteiger partial charge on any atom is 0.240 e. The van der Waals surface area contributed by atoms with Crippen LogP contribution in [-0.4, -0.2) is 34.5 Å². The number of rotatable bonds is 1. The molecule has 0 atom stereocenters. The first kappa shape index (κ1) is 12.9. The number of nitrogens with one attached hydrogen (secondary N) is 1. The Hall–Kier alpha value is -0.570. The zero-order valence-corrected chi connectivity index (χ0v) is 11.7. The third-order valence-corrected chi connectivity index (χ3v) is 4.29. The molecular weight excluding hydrogens is 212 g/mol. The molecule has 1 amide bonds. The van der Waals surface area contributed by atoms with Crippen molar-refractivity contribution in [1.29, 1.82) is 0 Å². The van der Waals surface area contributed by atoms with Gasteiger partial charge in [0.1, 0.15) is 5.54 Å². The Bertz CT molecular complexity index is 303. The van der Waals surface area contributed by atoms with E-state index in [9.17, 15) is 4.79 Å². The molecule has 1 heterocycles. The normalized spacial score (nSPS) is 28.4. The lowest BCUT2D eigenvalue weighted by molar-refractivity contribution is -0.148. The maximum atomic E-state index is 12.5. The van der Waals surface area contributed by atoms with Gasteiger partial charge >= 0.3 is 0 Å². The van der Waals surface area contributed by atoms with E-state index in [2.05, 4.69) is 37.9 Å². The van der Waals surface area contributed by atoms with Crippen LogP contribution in [0.15, 0.2) is 0 Å². The number of carbonyl (C=O) groups excluding carboxylic acids is 1. The van der Waals surface area contributed by atoms with Gasteiger partial charge in [-0.15, -0.1) is 0 Å². The van der Waals surface area contributed by atoms with Crippen LogP contribution in [0.3, 0.4) is 0 Å². The maximum absolute atomic E-state index is 12.5. The first-order valence-corrected chi connectivity index (χ1v) is 6.97. The van der Waals surface area contributed by atoms with E-state index in [1.54, 1.807) is 0 Å². The van der Waals surface area contributed by atoms with Gasteiger partial charge in [0.05, 0.1) is 0 Å². The molecule has 0 radical (unpaired) electrons. The lowest BCUT2D eigenvalue weighted by Crippen LogP contribution is -2.73. The second kappa shape index (κ2) is 4.27. The van der Waals surface area contributed by atoms with Gasteiger partial charge in [-0.3, -0.25) is 9.69 Å². The summed E-state index contributed by atoms with van der Waals surface area (Å²) in [4.78, 5) is 15.0. The van der Waals surface area contributed by atoms with Crippen molar-refractivity contribution in [2.24, 2.45) is 0 Å². The number of nitrogens with zero attached hydrogens (tertiary/aromatic N) is 1. The minimum atomic E-state index is -0.206. The minimum Gasteiger partial charge on any atom is -0.348 e. The molecule has 0 unspecified atom stereocenters. The molecule has 0 bridgehead atoms. The summed E-state index contributed by atoms with van der Waals surface area (Å²) in [6.45, 7) is 9.64. The molecule has 0 aromatic carbocycles. The smallest absolute Gasteiger partial charge is 0.240 e. The van der Waals surface area contributed by atoms with Crippen LogP contribution in [0.1, 0.15) is 59.8 Å². The van der Waals surface area contributed by atoms with Gasteiger partial charge in [-0.1, -0.05) is 19.3 Å². The van der Waals surface area contributed by atoms with Gasteiger partial charge in [0, 0.05) is 18.1 Å². The average molecular weight is 238 g/mol. The molecule has 1 aliphatic carbocycles. The molecule has 1 spiro atoms. The number of hydrogen-bond donors (Lipinski definition) is 1. The van der Waals surface area contributed by atoms with Gasteiger partial charge in [-0.2, -0.15) is 0 Å². The summed E-state index contributed by atoms with van der Waals surface area (Å²) in [7, 11) is 0. The van der Waals surface area contributed by atoms with Gasteiger partial charge in [0.15, 0.2) is 0 Å². The number of carbonyl (C=O) groups is 1. The lowest BCUT2D eigenvalue weighted by Gasteiger charge is -2.54. The van der Waals surface area contributed by atoms with Crippen LogP contribution in [0.2, 0.25) is 0 Å². The fraction of sp³-hybridized carbons (Fsp3) is 0.929. The second-order valence-corrected chi connectivity index (χ2v) is 6.65. The van der Waals surface area contributed by atoms with E-state index < -0.39 is 0 Å². The molecule has 98 valence electrons. The molecular formula is C14H26N2O. The molecule has 2 fully saturated rings. The average Bonchev–Trinajstić information content (AvgIpc) is 2.24. The molecule has 2 aliphatic rings. The third-order valence-electron chi connectivity index (χ3n) is 4.29. The topological polar surface area (TPSA) is 32.3 Å². The van der Waals surface area contributed by atoms with E-state index in [0.717, 1.165) is 19.4 Å². The van der Waals surface area contributed by atoms with Gasteiger partial charge in [-0.05, 0) is 40.5 Å². The SMILES string of the molecule is CC(C)N1CC(C)(C)NC(=O)C12CCCCC2. The molecule has 1 aliphatic heterocycles. The van der Waals surface area contributed by atoms with Crippen molar-refractivity contribution in [1.82, 2.24) is 10.2 Å². The van der Waals surface area contributed by atoms with E-state index in [1.165, 1.54) is 19.3 Å². The van der Waals surface area contributed by atoms with Crippen molar-refractivity contribution < 1.29 is 4.79 Å². The van der Waals surface area contributed by atoms with Gasteiger partial charge in [-0.25, -0.2) is 0 Å². The predicted octanol–water partition coefficient (Wildman–Crippen LogP) is 2.31. The van der Waals surface area contributed by atoms with E-state index in [1.807, 2.05) is 0 Å². The quantitative estimate of drug-likeness (QED) is 0.760. The predicted molar refractivity (Wildman–Crippen MR) is 69.9 cm³/mol. The highest BCUT2D eigenvalue weighted by molar-refractivity contribution is 5.88. The molecule has 1 saturated carbocycles. The Labute approximate surface area is 105 Å². The van der Waals surface area contributed by atoms with Crippen molar-refractivity contribution in [2.45, 2.75) is 76.9 Å². The first-order chi connectivity index (χ1) is 7.87. The molecule has 0 aromatic rings. The Balaban J connectivity index is 2.30. The molecule has 3 nitrogen and oxygen atoms in total. The van der Waals surface area contributed by atoms with Crippen LogP contribution in [0.5, 0.6) is 0 Å². The highest BCUT2D eigenvalue weighted by Gasteiger charge is 2.51. The van der Waals surface area contributed by atoms with E-state index in [4.69, 9.17) is 0 Å². The summed E-state index contributed by atoms with van der Waals surface area (Å²) in [6.07, 6.45) is 5.73. The molecule has 1 N–H and O–H groups in total. The molecule has 3 heteroatoms. The Morgan fingerprint density at radius 1 is 1.18 bits per heavy atom. The van der Waals surface area contributed by atoms with Gasteiger partial charge < -0.3 is 5.32 Å². The van der Waals surface area contributed by atoms with Crippen LogP contribution in [0.25, 0.3) is 0 Å². The van der Waals surface area contributed by atoms with E-state index >= 15 is 0 Å². The fourth-order valence-corrected chi connectivity index (χ4v) is 3.50. The summed E-state index contributed by atoms with van der Waals surface area (Å²) >= 11 is 0. The molecule has 1 saturated heterocycles. The zero-order chi connectivity index (χ0) is 12.7. The third kappa shape index (κ3) is 2.22. The van der Waals surface area contributed by atoms with E-state index in [-0.39, 0.29) is 17.0 Å². The van der Waals surface area contributed by atoms with Crippen molar-refractivity contribution in [3.63, 3.8) is 0 Å². The zero-order valence-electron chi connectivity index (χ0n) is 11.7. The minimum absolute atomic E-state index is 0.0932. The van der Waals surface area contributed by atoms with Crippen molar-refractivity contribution in [2.75, 3.05) is 6.54 Å². The van der Waals surface area contributed by atoms with Crippen LogP contribution in [0, 0.1) is 0 Å². The van der Waals surface area contributed by atoms with Crippen molar-refractivity contribution in [3.8, 4) is 0 Å². The first-order valence-electron chi connectivity index (χ1n) is 6.97. The highest BCUT2D eigenvalue weighted by Crippen LogP contribution is 2.38. The summed E-state index contributed by atoms with van der Waals surface area (Å²) in [5.41, 5.74) is -0.300. The standard InChI is InChI=1S/C14H26N2O/c1-11(2)16-10-13(3,4)15-12(17)14(16)8-6-5-7-9-14/h11H,5-10H2,1-4H3,(H,15,17). The fourth-order valence-electron chi connectivity index (χ4n) is 3.50. The van der Waals surface area contributed by atoms with Crippen LogP contribution < -0.4 is 5.32 Å². The van der Waals surface area contributed by atoms with Crippen LogP contribution in [0.4, 0.5) is 0 Å². The molecule has 0 aromatic heterocycles. The second-order valence-electron chi connectivity index (χ2n) is 6.65. The highest BCUT2D eigenvalue weighted by atomic mass is 16.2. The number of amides is 1. The monoisotopic (exact) mass is 238 g/mol. The largest absolute Gasteiger partial charge is 0.348 e. The van der Waals surface area contributed by atoms with E-state index in [0.29, 0.717) is 6.04 Å². The number of piperazine rings is 1.